The van der Waals surface area contributed by atoms with E-state index in [1.165, 1.54) is 0 Å². The Balaban J connectivity index is 1.69. The third kappa shape index (κ3) is 4.16. The van der Waals surface area contributed by atoms with Crippen LogP contribution in [0.3, 0.4) is 0 Å². The molecule has 1 aromatic carbocycles. The lowest BCUT2D eigenvalue weighted by molar-refractivity contribution is 0.101. The molecule has 1 aromatic heterocycles. The summed E-state index contributed by atoms with van der Waals surface area (Å²) in [5.74, 6) is 0.0224. The minimum Gasteiger partial charge on any atom is -0.368 e. The predicted molar refractivity (Wildman–Crippen MR) is 97.9 cm³/mol. The van der Waals surface area contributed by atoms with Gasteiger partial charge in [-0.2, -0.15) is 5.26 Å². The van der Waals surface area contributed by atoms with Gasteiger partial charge in [0.25, 0.3) is 0 Å². The number of halogens is 1. The summed E-state index contributed by atoms with van der Waals surface area (Å²) in [4.78, 5) is 20.6. The zero-order valence-electron chi connectivity index (χ0n) is 14.1. The lowest BCUT2D eigenvalue weighted by atomic mass is 10.0. The van der Waals surface area contributed by atoms with E-state index in [9.17, 15) is 4.79 Å². The molecule has 2 aromatic rings. The van der Waals surface area contributed by atoms with Gasteiger partial charge in [0.15, 0.2) is 5.78 Å². The molecule has 0 amide bonds. The van der Waals surface area contributed by atoms with Crippen LogP contribution in [0.2, 0.25) is 5.15 Å². The second-order valence-corrected chi connectivity index (χ2v) is 6.54. The van der Waals surface area contributed by atoms with Crippen LogP contribution >= 0.6 is 11.6 Å². The first-order valence-corrected chi connectivity index (χ1v) is 8.57. The van der Waals surface area contributed by atoms with E-state index in [2.05, 4.69) is 20.9 Å². The van der Waals surface area contributed by atoms with Gasteiger partial charge in [0, 0.05) is 50.2 Å². The highest BCUT2D eigenvalue weighted by Crippen LogP contribution is 2.24. The summed E-state index contributed by atoms with van der Waals surface area (Å²) >= 11 is 5.82. The van der Waals surface area contributed by atoms with Crippen LogP contribution < -0.4 is 4.90 Å². The van der Waals surface area contributed by atoms with E-state index in [1.807, 2.05) is 12.1 Å². The van der Waals surface area contributed by atoms with Crippen molar-refractivity contribution in [3.63, 3.8) is 0 Å². The topological polar surface area (TPSA) is 60.2 Å². The molecule has 1 fully saturated rings. The second-order valence-electron chi connectivity index (χ2n) is 6.15. The van der Waals surface area contributed by atoms with E-state index in [-0.39, 0.29) is 5.78 Å². The fraction of sp³-hybridized carbons (Fsp3) is 0.316. The van der Waals surface area contributed by atoms with Crippen molar-refractivity contribution in [1.82, 2.24) is 9.88 Å². The SMILES string of the molecule is CC(=O)c1ccc(C#N)cc1N1CCN(Cc2ccc(Cl)nc2)CC1. The molecule has 0 spiro atoms. The van der Waals surface area contributed by atoms with Gasteiger partial charge in [-0.25, -0.2) is 4.98 Å². The molecule has 6 heteroatoms. The molecule has 0 saturated carbocycles. The molecular weight excluding hydrogens is 336 g/mol. The van der Waals surface area contributed by atoms with E-state index >= 15 is 0 Å². The molecule has 0 radical (unpaired) electrons. The highest BCUT2D eigenvalue weighted by molar-refractivity contribution is 6.29. The van der Waals surface area contributed by atoms with Crippen molar-refractivity contribution in [3.8, 4) is 6.07 Å². The van der Waals surface area contributed by atoms with Gasteiger partial charge in [0.2, 0.25) is 0 Å². The number of nitrogens with zero attached hydrogens (tertiary/aromatic N) is 4. The van der Waals surface area contributed by atoms with Crippen LogP contribution in [-0.2, 0) is 6.54 Å². The molecule has 0 aliphatic carbocycles. The number of hydrogen-bond donors (Lipinski definition) is 0. The maximum atomic E-state index is 11.9. The first-order chi connectivity index (χ1) is 12.1. The molecule has 0 unspecified atom stereocenters. The van der Waals surface area contributed by atoms with Gasteiger partial charge in [0.1, 0.15) is 5.15 Å². The number of nitriles is 1. The van der Waals surface area contributed by atoms with Crippen LogP contribution in [0.15, 0.2) is 36.5 Å². The highest BCUT2D eigenvalue weighted by atomic mass is 35.5. The Bertz CT molecular complexity index is 805. The summed E-state index contributed by atoms with van der Waals surface area (Å²) < 4.78 is 0. The number of ketones is 1. The summed E-state index contributed by atoms with van der Waals surface area (Å²) in [6.07, 6.45) is 1.80. The third-order valence-corrected chi connectivity index (χ3v) is 4.64. The monoisotopic (exact) mass is 354 g/mol. The molecule has 0 atom stereocenters. The smallest absolute Gasteiger partial charge is 0.161 e. The van der Waals surface area contributed by atoms with Crippen molar-refractivity contribution < 1.29 is 4.79 Å². The van der Waals surface area contributed by atoms with Crippen molar-refractivity contribution in [2.75, 3.05) is 31.1 Å². The summed E-state index contributed by atoms with van der Waals surface area (Å²) in [5.41, 5.74) is 3.25. The fourth-order valence-corrected chi connectivity index (χ4v) is 3.18. The van der Waals surface area contributed by atoms with Gasteiger partial charge in [-0.1, -0.05) is 17.7 Å². The largest absolute Gasteiger partial charge is 0.368 e. The summed E-state index contributed by atoms with van der Waals surface area (Å²) in [5, 5.41) is 9.64. The third-order valence-electron chi connectivity index (χ3n) is 4.41. The highest BCUT2D eigenvalue weighted by Gasteiger charge is 2.21. The molecule has 128 valence electrons. The number of hydrogen-bond acceptors (Lipinski definition) is 5. The summed E-state index contributed by atoms with van der Waals surface area (Å²) in [6.45, 7) is 5.80. The number of pyridine rings is 1. The lowest BCUT2D eigenvalue weighted by Gasteiger charge is -2.36. The second kappa shape index (κ2) is 7.64. The predicted octanol–water partition coefficient (Wildman–Crippen LogP) is 3.13. The zero-order chi connectivity index (χ0) is 17.8. The van der Waals surface area contributed by atoms with E-state index in [0.717, 1.165) is 44.0 Å². The van der Waals surface area contributed by atoms with Crippen LogP contribution in [0.5, 0.6) is 0 Å². The molecule has 1 aliphatic heterocycles. The van der Waals surface area contributed by atoms with Crippen LogP contribution in [0, 0.1) is 11.3 Å². The van der Waals surface area contributed by atoms with Crippen molar-refractivity contribution in [1.29, 1.82) is 5.26 Å². The average Bonchev–Trinajstić information content (AvgIpc) is 2.63. The Morgan fingerprint density at radius 2 is 2.00 bits per heavy atom. The number of rotatable bonds is 4. The quantitative estimate of drug-likeness (QED) is 0.623. The molecule has 3 rings (SSSR count). The molecule has 0 N–H and O–H groups in total. The lowest BCUT2D eigenvalue weighted by Crippen LogP contribution is -2.46. The zero-order valence-corrected chi connectivity index (χ0v) is 14.8. The van der Waals surface area contributed by atoms with Crippen molar-refractivity contribution in [2.45, 2.75) is 13.5 Å². The Morgan fingerprint density at radius 3 is 2.60 bits per heavy atom. The normalized spacial score (nSPS) is 15.0. The molecular formula is C19H19ClN4O. The van der Waals surface area contributed by atoms with Gasteiger partial charge in [-0.3, -0.25) is 9.69 Å². The first kappa shape index (κ1) is 17.4. The maximum absolute atomic E-state index is 11.9. The molecule has 2 heterocycles. The van der Waals surface area contributed by atoms with Crippen molar-refractivity contribution in [3.05, 3.63) is 58.4 Å². The maximum Gasteiger partial charge on any atom is 0.161 e. The Labute approximate surface area is 152 Å². The number of carbonyl (C=O) groups excluding carboxylic acids is 1. The summed E-state index contributed by atoms with van der Waals surface area (Å²) in [7, 11) is 0. The van der Waals surface area contributed by atoms with Gasteiger partial charge < -0.3 is 4.90 Å². The van der Waals surface area contributed by atoms with Crippen LogP contribution in [0.4, 0.5) is 5.69 Å². The molecule has 5 nitrogen and oxygen atoms in total. The van der Waals surface area contributed by atoms with Crippen LogP contribution in [0.1, 0.15) is 28.4 Å². The molecule has 25 heavy (non-hydrogen) atoms. The van der Waals surface area contributed by atoms with E-state index in [1.54, 1.807) is 31.3 Å². The Kier molecular flexibility index (Phi) is 5.32. The number of piperazine rings is 1. The minimum absolute atomic E-state index is 0.0224. The standard InChI is InChI=1S/C19H19ClN4O/c1-14(25)17-4-2-15(11-21)10-18(17)24-8-6-23(7-9-24)13-16-3-5-19(20)22-12-16/h2-5,10,12H,6-9,13H2,1H3. The minimum atomic E-state index is 0.0224. The molecule has 0 bridgehead atoms. The van der Waals surface area contributed by atoms with E-state index in [0.29, 0.717) is 16.3 Å². The van der Waals surface area contributed by atoms with Gasteiger partial charge in [0.05, 0.1) is 11.6 Å². The Morgan fingerprint density at radius 1 is 1.24 bits per heavy atom. The number of Topliss-reactive ketones (excluding diaryl/α,β-unsaturated/α-hetero) is 1. The van der Waals surface area contributed by atoms with Gasteiger partial charge >= 0.3 is 0 Å². The van der Waals surface area contributed by atoms with Gasteiger partial charge in [-0.15, -0.1) is 0 Å². The van der Waals surface area contributed by atoms with Crippen molar-refractivity contribution >= 4 is 23.1 Å². The molecule has 1 saturated heterocycles. The Hall–Kier alpha value is -2.42. The van der Waals surface area contributed by atoms with Crippen molar-refractivity contribution in [2.24, 2.45) is 0 Å². The van der Waals surface area contributed by atoms with Crippen LogP contribution in [0.25, 0.3) is 0 Å². The number of benzene rings is 1. The number of carbonyl (C=O) groups is 1. The fourth-order valence-electron chi connectivity index (χ4n) is 3.07. The van der Waals surface area contributed by atoms with Crippen LogP contribution in [-0.4, -0.2) is 41.8 Å². The number of anilines is 1. The first-order valence-electron chi connectivity index (χ1n) is 8.19. The van der Waals surface area contributed by atoms with E-state index < -0.39 is 0 Å². The molecule has 1 aliphatic rings. The number of aromatic nitrogens is 1. The van der Waals surface area contributed by atoms with Gasteiger partial charge in [-0.05, 0) is 36.8 Å². The average molecular weight is 355 g/mol. The summed E-state index contributed by atoms with van der Waals surface area (Å²) in [6, 6.07) is 11.2. The van der Waals surface area contributed by atoms with E-state index in [4.69, 9.17) is 16.9 Å².